The first kappa shape index (κ1) is 43.3. The molecule has 0 saturated carbocycles. The van der Waals surface area contributed by atoms with Gasteiger partial charge >= 0.3 is 0 Å². The number of hydrogen-bond donors (Lipinski definition) is 0. The fourth-order valence-corrected chi connectivity index (χ4v) is 7.61. The van der Waals surface area contributed by atoms with Crippen LogP contribution >= 0.6 is 244 Å². The molecule has 0 radical (unpaired) electrons. The highest BCUT2D eigenvalue weighted by Gasteiger charge is 2.66. The molecule has 0 heterocycles. The van der Waals surface area contributed by atoms with Gasteiger partial charge in [0.2, 0.25) is 24.4 Å². The summed E-state index contributed by atoms with van der Waals surface area (Å²) in [6, 6.07) is 2.30. The first-order valence-electron chi connectivity index (χ1n) is 9.79. The summed E-state index contributed by atoms with van der Waals surface area (Å²) >= 11 is 133. The summed E-state index contributed by atoms with van der Waals surface area (Å²) in [5.74, 6) is -0.199. The van der Waals surface area contributed by atoms with Crippen molar-refractivity contribution in [3.63, 3.8) is 0 Å². The Labute approximate surface area is 337 Å². The fourth-order valence-electron chi connectivity index (χ4n) is 3.10. The molecule has 0 N–H and O–H groups in total. The van der Waals surface area contributed by atoms with E-state index in [1.807, 2.05) is 0 Å². The van der Waals surface area contributed by atoms with E-state index in [0.717, 1.165) is 12.1 Å². The van der Waals surface area contributed by atoms with Crippen molar-refractivity contribution >= 4 is 244 Å². The standard InChI is InChI=1S/C19H11Cl21/c1-6(2)3-8-9(12(22,23)15(28,29)18(35,36)37)4-7(11(20,21)14(26,27)17(32,33)34)5-10(8)13(24,25)16(30,31)19(38,39)40/h4-6H,3H2,1-2H3. The van der Waals surface area contributed by atoms with E-state index in [4.69, 9.17) is 244 Å². The van der Waals surface area contributed by atoms with Crippen LogP contribution in [0.2, 0.25) is 0 Å². The van der Waals surface area contributed by atoms with E-state index >= 15 is 0 Å². The Morgan fingerprint density at radius 2 is 0.700 bits per heavy atom. The van der Waals surface area contributed by atoms with Crippen molar-refractivity contribution in [3.05, 3.63) is 34.4 Å². The summed E-state index contributed by atoms with van der Waals surface area (Å²) in [6.07, 6.45) is 0.0513. The molecule has 0 fully saturated rings. The van der Waals surface area contributed by atoms with Crippen LogP contribution in [-0.2, 0) is 19.4 Å². The topological polar surface area (TPSA) is 0 Å². The molecule has 0 atom stereocenters. The van der Waals surface area contributed by atoms with E-state index in [9.17, 15) is 0 Å². The average Bonchev–Trinajstić information content (AvgIpc) is 2.69. The smallest absolute Gasteiger partial charge is 0.0930 e. The predicted octanol–water partition coefficient (Wildman–Crippen LogP) is 15.4. The normalized spacial score (nSPS) is 15.7. The van der Waals surface area contributed by atoms with E-state index in [0.29, 0.717) is 0 Å². The minimum absolute atomic E-state index is 0.0513. The molecular weight excluding hydrogens is 973 g/mol. The lowest BCUT2D eigenvalue weighted by molar-refractivity contribution is 0.605. The maximum Gasteiger partial charge on any atom is 0.226 e. The Bertz CT molecular complexity index is 1010. The monoisotopic (exact) mass is 973 g/mol. The quantitative estimate of drug-likeness (QED) is 0.228. The molecule has 0 aromatic heterocycles. The Morgan fingerprint density at radius 1 is 0.450 bits per heavy atom. The van der Waals surface area contributed by atoms with Crippen LogP contribution in [0.1, 0.15) is 36.1 Å². The maximum absolute atomic E-state index is 6.77. The van der Waals surface area contributed by atoms with E-state index in [1.54, 1.807) is 13.8 Å². The Balaban J connectivity index is 4.57. The van der Waals surface area contributed by atoms with Crippen molar-refractivity contribution in [2.45, 2.75) is 57.6 Å². The zero-order chi connectivity index (χ0) is 32.5. The van der Waals surface area contributed by atoms with E-state index in [-0.39, 0.29) is 34.6 Å². The Morgan fingerprint density at radius 3 is 0.925 bits per heavy atom. The zero-order valence-electron chi connectivity index (χ0n) is 18.9. The third-order valence-corrected chi connectivity index (χ3v) is 17.0. The van der Waals surface area contributed by atoms with Gasteiger partial charge in [-0.2, -0.15) is 0 Å². The molecule has 0 spiro atoms. The second kappa shape index (κ2) is 13.9. The summed E-state index contributed by atoms with van der Waals surface area (Å²) < 4.78 is -23.0. The van der Waals surface area contributed by atoms with Crippen molar-refractivity contribution < 1.29 is 0 Å². The minimum atomic E-state index is -2.61. The third-order valence-electron chi connectivity index (χ3n) is 5.15. The van der Waals surface area contributed by atoms with Gasteiger partial charge in [0.25, 0.3) is 0 Å². The van der Waals surface area contributed by atoms with Gasteiger partial charge in [0.05, 0.1) is 0 Å². The molecule has 1 aromatic carbocycles. The molecule has 0 unspecified atom stereocenters. The molecule has 234 valence electrons. The van der Waals surface area contributed by atoms with Crippen LogP contribution in [0.15, 0.2) is 12.1 Å². The van der Waals surface area contributed by atoms with Gasteiger partial charge in [-0.1, -0.05) is 257 Å². The van der Waals surface area contributed by atoms with Crippen molar-refractivity contribution in [3.8, 4) is 0 Å². The van der Waals surface area contributed by atoms with Crippen molar-refractivity contribution in [2.24, 2.45) is 5.92 Å². The van der Waals surface area contributed by atoms with Crippen LogP contribution < -0.4 is 0 Å². The van der Waals surface area contributed by atoms with Gasteiger partial charge in [0, 0.05) is 0 Å². The second-order valence-corrected chi connectivity index (χ2v) is 23.4. The van der Waals surface area contributed by atoms with E-state index in [1.165, 1.54) is 0 Å². The summed E-state index contributed by atoms with van der Waals surface area (Å²) in [4.78, 5) is 0. The molecule has 0 aliphatic rings. The highest BCUT2D eigenvalue weighted by Crippen LogP contribution is 2.67. The molecular formula is C19H11Cl21. The maximum atomic E-state index is 6.77. The van der Waals surface area contributed by atoms with Gasteiger partial charge in [0.1, 0.15) is 0 Å². The van der Waals surface area contributed by atoms with Crippen LogP contribution in [0.25, 0.3) is 0 Å². The van der Waals surface area contributed by atoms with Crippen LogP contribution in [0.5, 0.6) is 0 Å². The Hall–Kier alpha value is 5.31. The molecule has 40 heavy (non-hydrogen) atoms. The zero-order valence-corrected chi connectivity index (χ0v) is 34.8. The van der Waals surface area contributed by atoms with Crippen LogP contribution in [-0.4, -0.2) is 24.4 Å². The highest BCUT2D eigenvalue weighted by atomic mass is 35.6. The predicted molar refractivity (Wildman–Crippen MR) is 189 cm³/mol. The van der Waals surface area contributed by atoms with Crippen LogP contribution in [0, 0.1) is 5.92 Å². The molecule has 0 aliphatic carbocycles. The third kappa shape index (κ3) is 8.19. The Kier molecular flexibility index (Phi) is 15.1. The van der Waals surface area contributed by atoms with Gasteiger partial charge in [-0.05, 0) is 46.7 Å². The number of benzene rings is 1. The molecule has 21 heteroatoms. The average molecular weight is 984 g/mol. The molecule has 0 saturated heterocycles. The first-order valence-corrected chi connectivity index (χ1v) is 17.7. The number of alkyl halides is 21. The number of halogens is 21. The van der Waals surface area contributed by atoms with Gasteiger partial charge < -0.3 is 0 Å². The largest absolute Gasteiger partial charge is 0.226 e. The lowest BCUT2D eigenvalue weighted by Gasteiger charge is -2.44. The number of rotatable bonds is 8. The lowest BCUT2D eigenvalue weighted by atomic mass is 9.85. The van der Waals surface area contributed by atoms with Crippen molar-refractivity contribution in [1.82, 2.24) is 0 Å². The highest BCUT2D eigenvalue weighted by molar-refractivity contribution is 6.80. The minimum Gasteiger partial charge on any atom is -0.0930 e. The van der Waals surface area contributed by atoms with Crippen LogP contribution in [0.3, 0.4) is 0 Å². The molecule has 1 rings (SSSR count). The molecule has 0 nitrogen and oxygen atoms in total. The summed E-state index contributed by atoms with van der Waals surface area (Å²) in [5.41, 5.74) is -0.720. The molecule has 0 bridgehead atoms. The fraction of sp³-hybridized carbons (Fsp3) is 0.684. The van der Waals surface area contributed by atoms with Crippen molar-refractivity contribution in [2.75, 3.05) is 0 Å². The molecule has 0 aliphatic heterocycles. The molecule has 1 aromatic rings. The van der Waals surface area contributed by atoms with Gasteiger partial charge in [-0.3, -0.25) is 0 Å². The van der Waals surface area contributed by atoms with Gasteiger partial charge in [-0.25, -0.2) is 0 Å². The summed E-state index contributed by atoms with van der Waals surface area (Å²) in [6.45, 7) is 3.59. The van der Waals surface area contributed by atoms with Crippen LogP contribution in [0.4, 0.5) is 0 Å². The lowest BCUT2D eigenvalue weighted by Crippen LogP contribution is -2.49. The summed E-state index contributed by atoms with van der Waals surface area (Å²) in [7, 11) is 0. The first-order chi connectivity index (χ1) is 17.1. The molecule has 0 amide bonds. The number of hydrogen-bond acceptors (Lipinski definition) is 0. The van der Waals surface area contributed by atoms with Gasteiger partial charge in [0.15, 0.2) is 13.0 Å². The van der Waals surface area contributed by atoms with Gasteiger partial charge in [-0.15, -0.1) is 0 Å². The van der Waals surface area contributed by atoms with E-state index < -0.39 is 37.4 Å². The SMILES string of the molecule is CC(C)Cc1c(C(Cl)(Cl)C(Cl)(Cl)C(Cl)(Cl)Cl)cc(C(Cl)(Cl)C(Cl)(Cl)C(Cl)(Cl)Cl)cc1C(Cl)(Cl)C(Cl)(Cl)C(Cl)(Cl)Cl. The van der Waals surface area contributed by atoms with E-state index in [2.05, 4.69) is 0 Å². The summed E-state index contributed by atoms with van der Waals surface area (Å²) in [5, 5.41) is 0. The second-order valence-electron chi connectivity index (χ2n) is 8.59. The van der Waals surface area contributed by atoms with Crippen molar-refractivity contribution in [1.29, 1.82) is 0 Å².